The van der Waals surface area contributed by atoms with Crippen LogP contribution in [0.25, 0.3) is 0 Å². The number of hydrogen-bond donors (Lipinski definition) is 2. The van der Waals surface area contributed by atoms with Gasteiger partial charge in [0.25, 0.3) is 0 Å². The normalized spacial score (nSPS) is 40.6. The van der Waals surface area contributed by atoms with Crippen molar-refractivity contribution in [1.29, 1.82) is 0 Å². The summed E-state index contributed by atoms with van der Waals surface area (Å²) in [6.07, 6.45) is 5.21. The average Bonchev–Trinajstić information content (AvgIpc) is 2.38. The zero-order chi connectivity index (χ0) is 10.2. The predicted molar refractivity (Wildman–Crippen MR) is 50.1 cm³/mol. The number of hydrogen-bond acceptors (Lipinski definition) is 2. The minimum Gasteiger partial charge on any atom is -0.465 e. The van der Waals surface area contributed by atoms with E-state index in [2.05, 4.69) is 5.32 Å². The van der Waals surface area contributed by atoms with Crippen molar-refractivity contribution >= 4 is 12.4 Å². The molecule has 1 amide bonds. The van der Waals surface area contributed by atoms with Gasteiger partial charge in [0, 0.05) is 11.0 Å². The van der Waals surface area contributed by atoms with Crippen LogP contribution in [-0.4, -0.2) is 23.0 Å². The van der Waals surface area contributed by atoms with E-state index in [1.165, 1.54) is 0 Å². The SMILES string of the molecule is O=CC12CCCC(NC(=O)O)(CC1)C2. The molecule has 4 heteroatoms. The van der Waals surface area contributed by atoms with Crippen LogP contribution in [0, 0.1) is 5.41 Å². The molecule has 0 saturated heterocycles. The molecular weight excluding hydrogens is 182 g/mol. The molecule has 4 nitrogen and oxygen atoms in total. The summed E-state index contributed by atoms with van der Waals surface area (Å²) in [5, 5.41) is 11.3. The van der Waals surface area contributed by atoms with Gasteiger partial charge in [0.05, 0.1) is 0 Å². The number of nitrogens with one attached hydrogen (secondary N) is 1. The van der Waals surface area contributed by atoms with E-state index in [4.69, 9.17) is 5.11 Å². The molecule has 0 radical (unpaired) electrons. The number of fused-ring (bicyclic) bond motifs is 2. The molecule has 0 spiro atoms. The number of rotatable bonds is 2. The highest BCUT2D eigenvalue weighted by Crippen LogP contribution is 2.52. The molecule has 2 unspecified atom stereocenters. The molecule has 0 aromatic heterocycles. The lowest BCUT2D eigenvalue weighted by molar-refractivity contribution is -0.117. The van der Waals surface area contributed by atoms with Crippen molar-refractivity contribution in [3.63, 3.8) is 0 Å². The topological polar surface area (TPSA) is 66.4 Å². The lowest BCUT2D eigenvalue weighted by Gasteiger charge is -2.36. The largest absolute Gasteiger partial charge is 0.465 e. The maximum atomic E-state index is 11.0. The summed E-state index contributed by atoms with van der Waals surface area (Å²) in [6, 6.07) is 0. The van der Waals surface area contributed by atoms with Crippen LogP contribution in [-0.2, 0) is 4.79 Å². The molecule has 0 aliphatic heterocycles. The molecule has 2 N–H and O–H groups in total. The Morgan fingerprint density at radius 1 is 1.29 bits per heavy atom. The maximum Gasteiger partial charge on any atom is 0.405 e. The second-order valence-corrected chi connectivity index (χ2v) is 4.72. The van der Waals surface area contributed by atoms with Gasteiger partial charge in [0.15, 0.2) is 0 Å². The maximum absolute atomic E-state index is 11.0. The van der Waals surface area contributed by atoms with Crippen LogP contribution in [0.15, 0.2) is 0 Å². The van der Waals surface area contributed by atoms with Crippen LogP contribution in [0.5, 0.6) is 0 Å². The van der Waals surface area contributed by atoms with Gasteiger partial charge in [-0.25, -0.2) is 4.79 Å². The van der Waals surface area contributed by atoms with Crippen molar-refractivity contribution in [1.82, 2.24) is 5.32 Å². The standard InChI is InChI=1S/C10H15NO3/c12-7-9-2-1-3-10(6-9,5-4-9)11-8(13)14/h7,11H,1-6H2,(H,13,14). The molecule has 2 saturated carbocycles. The molecule has 78 valence electrons. The minimum absolute atomic E-state index is 0.222. The Kier molecular flexibility index (Phi) is 2.01. The van der Waals surface area contributed by atoms with Crippen LogP contribution >= 0.6 is 0 Å². The van der Waals surface area contributed by atoms with Crippen LogP contribution in [0.3, 0.4) is 0 Å². The van der Waals surface area contributed by atoms with Gasteiger partial charge in [-0.1, -0.05) is 6.42 Å². The van der Waals surface area contributed by atoms with Gasteiger partial charge in [-0.15, -0.1) is 0 Å². The molecule has 2 bridgehead atoms. The second kappa shape index (κ2) is 2.97. The summed E-state index contributed by atoms with van der Waals surface area (Å²) in [7, 11) is 0. The number of amides is 1. The third kappa shape index (κ3) is 1.38. The first-order chi connectivity index (χ1) is 6.60. The molecule has 2 aliphatic rings. The average molecular weight is 197 g/mol. The molecule has 2 aliphatic carbocycles. The number of carbonyl (C=O) groups excluding carboxylic acids is 1. The van der Waals surface area contributed by atoms with Gasteiger partial charge < -0.3 is 15.2 Å². The Hall–Kier alpha value is -1.06. The molecule has 0 aromatic rings. The van der Waals surface area contributed by atoms with Gasteiger partial charge in [-0.3, -0.25) is 0 Å². The summed E-state index contributed by atoms with van der Waals surface area (Å²) in [5.41, 5.74) is -0.522. The van der Waals surface area contributed by atoms with Crippen LogP contribution in [0.2, 0.25) is 0 Å². The number of carboxylic acid groups (broad SMARTS) is 1. The highest BCUT2D eigenvalue weighted by atomic mass is 16.4. The summed E-state index contributed by atoms with van der Waals surface area (Å²) >= 11 is 0. The molecule has 14 heavy (non-hydrogen) atoms. The van der Waals surface area contributed by atoms with Crippen LogP contribution in [0.4, 0.5) is 4.79 Å². The molecular formula is C10H15NO3. The smallest absolute Gasteiger partial charge is 0.405 e. The van der Waals surface area contributed by atoms with Crippen molar-refractivity contribution in [2.24, 2.45) is 5.41 Å². The lowest BCUT2D eigenvalue weighted by atomic mass is 9.74. The zero-order valence-electron chi connectivity index (χ0n) is 8.08. The highest BCUT2D eigenvalue weighted by molar-refractivity contribution is 5.67. The second-order valence-electron chi connectivity index (χ2n) is 4.72. The first-order valence-electron chi connectivity index (χ1n) is 5.07. The summed E-state index contributed by atoms with van der Waals surface area (Å²) in [5.74, 6) is 0. The van der Waals surface area contributed by atoms with Crippen molar-refractivity contribution in [2.45, 2.75) is 44.1 Å². The molecule has 2 atom stereocenters. The Labute approximate surface area is 82.7 Å². The molecule has 2 fully saturated rings. The predicted octanol–water partition coefficient (Wildman–Crippen LogP) is 1.55. The van der Waals surface area contributed by atoms with Gasteiger partial charge >= 0.3 is 6.09 Å². The van der Waals surface area contributed by atoms with Crippen molar-refractivity contribution in [3.05, 3.63) is 0 Å². The van der Waals surface area contributed by atoms with Crippen molar-refractivity contribution in [2.75, 3.05) is 0 Å². The Morgan fingerprint density at radius 2 is 2.07 bits per heavy atom. The summed E-state index contributed by atoms with van der Waals surface area (Å²) < 4.78 is 0. The van der Waals surface area contributed by atoms with Gasteiger partial charge in [-0.2, -0.15) is 0 Å². The van der Waals surface area contributed by atoms with Crippen LogP contribution < -0.4 is 5.32 Å². The van der Waals surface area contributed by atoms with Gasteiger partial charge in [0.1, 0.15) is 6.29 Å². The van der Waals surface area contributed by atoms with Crippen molar-refractivity contribution < 1.29 is 14.7 Å². The fourth-order valence-electron chi connectivity index (χ4n) is 3.10. The van der Waals surface area contributed by atoms with E-state index in [0.717, 1.165) is 38.4 Å². The Balaban J connectivity index is 2.16. The van der Waals surface area contributed by atoms with E-state index in [-0.39, 0.29) is 11.0 Å². The number of carbonyl (C=O) groups is 2. The molecule has 0 aromatic carbocycles. The fourth-order valence-corrected chi connectivity index (χ4v) is 3.10. The minimum atomic E-state index is -0.964. The first-order valence-corrected chi connectivity index (χ1v) is 5.07. The monoisotopic (exact) mass is 197 g/mol. The van der Waals surface area contributed by atoms with E-state index in [1.807, 2.05) is 0 Å². The van der Waals surface area contributed by atoms with E-state index in [0.29, 0.717) is 6.42 Å². The first kappa shape index (κ1) is 9.49. The van der Waals surface area contributed by atoms with Crippen molar-refractivity contribution in [3.8, 4) is 0 Å². The molecule has 2 rings (SSSR count). The van der Waals surface area contributed by atoms with E-state index in [9.17, 15) is 9.59 Å². The summed E-state index contributed by atoms with van der Waals surface area (Å²) in [4.78, 5) is 21.6. The quantitative estimate of drug-likeness (QED) is 0.660. The molecule has 0 heterocycles. The number of aldehydes is 1. The third-order valence-electron chi connectivity index (χ3n) is 3.74. The Bertz CT molecular complexity index is 279. The lowest BCUT2D eigenvalue weighted by Crippen LogP contribution is -2.48. The summed E-state index contributed by atoms with van der Waals surface area (Å²) in [6.45, 7) is 0. The Morgan fingerprint density at radius 3 is 2.71 bits per heavy atom. The van der Waals surface area contributed by atoms with Gasteiger partial charge in [0.2, 0.25) is 0 Å². The van der Waals surface area contributed by atoms with E-state index < -0.39 is 6.09 Å². The third-order valence-corrected chi connectivity index (χ3v) is 3.74. The zero-order valence-corrected chi connectivity index (χ0v) is 8.08. The fraction of sp³-hybridized carbons (Fsp3) is 0.800. The van der Waals surface area contributed by atoms with E-state index >= 15 is 0 Å². The van der Waals surface area contributed by atoms with Gasteiger partial charge in [-0.05, 0) is 32.1 Å². The van der Waals surface area contributed by atoms with Crippen LogP contribution in [0.1, 0.15) is 38.5 Å². The van der Waals surface area contributed by atoms with E-state index in [1.54, 1.807) is 0 Å². The highest BCUT2D eigenvalue weighted by Gasteiger charge is 2.51.